The Bertz CT molecular complexity index is 692. The van der Waals surface area contributed by atoms with Crippen molar-refractivity contribution in [2.45, 2.75) is 77.2 Å². The van der Waals surface area contributed by atoms with Crippen molar-refractivity contribution in [3.63, 3.8) is 0 Å². The minimum Gasteiger partial charge on any atom is -0.444 e. The number of rotatable bonds is 0. The first-order chi connectivity index (χ1) is 11.4. The minimum atomic E-state index is -3.09. The standard InChI is InChI=1S/C17H25F2N3O3/c1-15(2,3)25-14(23)21-8-5-12-11(9-21)13-17(18,19)7-6-16(4,24)10-22(13)20-12/h24H,5-10H2,1-4H3. The SMILES string of the molecule is CC1(O)CCC(F)(F)c2c3c(nn2C1)CCN(C(=O)OC(C)(C)C)C3. The van der Waals surface area contributed by atoms with E-state index in [4.69, 9.17) is 4.74 Å². The van der Waals surface area contributed by atoms with Crippen LogP contribution in [0.25, 0.3) is 0 Å². The monoisotopic (exact) mass is 357 g/mol. The van der Waals surface area contributed by atoms with E-state index in [2.05, 4.69) is 5.10 Å². The topological polar surface area (TPSA) is 67.6 Å². The first kappa shape index (κ1) is 18.1. The van der Waals surface area contributed by atoms with Gasteiger partial charge in [-0.05, 0) is 34.1 Å². The van der Waals surface area contributed by atoms with Crippen LogP contribution in [0.2, 0.25) is 0 Å². The van der Waals surface area contributed by atoms with Crippen LogP contribution in [0, 0.1) is 0 Å². The maximum Gasteiger partial charge on any atom is 0.410 e. The van der Waals surface area contributed by atoms with Crippen LogP contribution in [0.15, 0.2) is 0 Å². The minimum absolute atomic E-state index is 0.00604. The third kappa shape index (κ3) is 3.63. The van der Waals surface area contributed by atoms with Crippen LogP contribution in [0.3, 0.4) is 0 Å². The van der Waals surface area contributed by atoms with Gasteiger partial charge in [0.15, 0.2) is 0 Å². The number of hydrogen-bond donors (Lipinski definition) is 1. The molecule has 140 valence electrons. The van der Waals surface area contributed by atoms with Crippen LogP contribution < -0.4 is 0 Å². The number of ether oxygens (including phenoxy) is 1. The molecule has 3 heterocycles. The lowest BCUT2D eigenvalue weighted by atomic mass is 9.96. The highest BCUT2D eigenvalue weighted by molar-refractivity contribution is 5.68. The third-order valence-electron chi connectivity index (χ3n) is 4.57. The number of carbonyl (C=O) groups excluding carboxylic acids is 1. The fourth-order valence-electron chi connectivity index (χ4n) is 3.38. The quantitative estimate of drug-likeness (QED) is 0.775. The molecule has 0 aromatic carbocycles. The van der Waals surface area contributed by atoms with Crippen molar-refractivity contribution in [1.29, 1.82) is 0 Å². The van der Waals surface area contributed by atoms with Crippen LogP contribution in [0.4, 0.5) is 13.6 Å². The molecule has 0 radical (unpaired) electrons. The number of alkyl halides is 2. The molecule has 1 atom stereocenters. The molecular formula is C17H25F2N3O3. The lowest BCUT2D eigenvalue weighted by molar-refractivity contribution is -0.0364. The number of fused-ring (bicyclic) bond motifs is 3. The second kappa shape index (κ2) is 5.65. The third-order valence-corrected chi connectivity index (χ3v) is 4.57. The molecule has 2 aliphatic heterocycles. The Morgan fingerprint density at radius 1 is 1.32 bits per heavy atom. The van der Waals surface area contributed by atoms with Crippen molar-refractivity contribution in [2.75, 3.05) is 6.54 Å². The Morgan fingerprint density at radius 2 is 2.00 bits per heavy atom. The lowest BCUT2D eigenvalue weighted by Gasteiger charge is -2.30. The maximum atomic E-state index is 14.7. The number of nitrogens with zero attached hydrogens (tertiary/aromatic N) is 3. The number of amides is 1. The summed E-state index contributed by atoms with van der Waals surface area (Å²) in [5.41, 5.74) is -1.08. The Kier molecular flexibility index (Phi) is 4.09. The van der Waals surface area contributed by atoms with Gasteiger partial charge < -0.3 is 14.7 Å². The molecule has 1 amide bonds. The van der Waals surface area contributed by atoms with Gasteiger partial charge in [-0.15, -0.1) is 0 Å². The zero-order chi connectivity index (χ0) is 18.6. The van der Waals surface area contributed by atoms with E-state index in [0.717, 1.165) is 0 Å². The smallest absolute Gasteiger partial charge is 0.410 e. The Balaban J connectivity index is 1.93. The van der Waals surface area contributed by atoms with E-state index < -0.39 is 29.6 Å². The summed E-state index contributed by atoms with van der Waals surface area (Å²) in [6.07, 6.45) is -0.562. The number of aliphatic hydroxyl groups is 1. The average molecular weight is 357 g/mol. The first-order valence-corrected chi connectivity index (χ1v) is 8.55. The van der Waals surface area contributed by atoms with E-state index >= 15 is 0 Å². The molecule has 0 saturated carbocycles. The van der Waals surface area contributed by atoms with Crippen LogP contribution in [0.5, 0.6) is 0 Å². The van der Waals surface area contributed by atoms with Crippen molar-refractivity contribution < 1.29 is 23.4 Å². The fourth-order valence-corrected chi connectivity index (χ4v) is 3.38. The van der Waals surface area contributed by atoms with Gasteiger partial charge in [-0.25, -0.2) is 4.79 Å². The molecule has 1 aromatic heterocycles. The average Bonchev–Trinajstić information content (AvgIpc) is 2.76. The van der Waals surface area contributed by atoms with E-state index in [1.807, 2.05) is 0 Å². The Hall–Kier alpha value is -1.70. The predicted molar refractivity (Wildman–Crippen MR) is 86.3 cm³/mol. The highest BCUT2D eigenvalue weighted by Crippen LogP contribution is 2.42. The van der Waals surface area contributed by atoms with Crippen molar-refractivity contribution in [3.05, 3.63) is 17.0 Å². The van der Waals surface area contributed by atoms with Crippen molar-refractivity contribution in [2.24, 2.45) is 0 Å². The molecule has 0 aliphatic carbocycles. The summed E-state index contributed by atoms with van der Waals surface area (Å²) in [7, 11) is 0. The zero-order valence-electron chi connectivity index (χ0n) is 15.1. The Labute approximate surface area is 145 Å². The van der Waals surface area contributed by atoms with Crippen LogP contribution in [0.1, 0.15) is 57.5 Å². The van der Waals surface area contributed by atoms with Gasteiger partial charge >= 0.3 is 6.09 Å². The van der Waals surface area contributed by atoms with Gasteiger partial charge in [-0.1, -0.05) is 0 Å². The molecular weight excluding hydrogens is 332 g/mol. The van der Waals surface area contributed by atoms with E-state index in [9.17, 15) is 18.7 Å². The van der Waals surface area contributed by atoms with Gasteiger partial charge in [0.2, 0.25) is 0 Å². The van der Waals surface area contributed by atoms with Gasteiger partial charge in [0.1, 0.15) is 11.3 Å². The summed E-state index contributed by atoms with van der Waals surface area (Å²) in [5, 5.41) is 14.6. The highest BCUT2D eigenvalue weighted by atomic mass is 19.3. The molecule has 1 unspecified atom stereocenters. The van der Waals surface area contributed by atoms with Crippen molar-refractivity contribution in [3.8, 4) is 0 Å². The molecule has 0 saturated heterocycles. The summed E-state index contributed by atoms with van der Waals surface area (Å²) in [4.78, 5) is 13.7. The van der Waals surface area contributed by atoms with Gasteiger partial charge in [-0.2, -0.15) is 13.9 Å². The fraction of sp³-hybridized carbons (Fsp3) is 0.765. The molecule has 8 heteroatoms. The van der Waals surface area contributed by atoms with Crippen LogP contribution >= 0.6 is 0 Å². The van der Waals surface area contributed by atoms with Crippen molar-refractivity contribution >= 4 is 6.09 Å². The molecule has 1 aromatic rings. The van der Waals surface area contributed by atoms with E-state index in [0.29, 0.717) is 24.2 Å². The van der Waals surface area contributed by atoms with E-state index in [1.54, 1.807) is 27.7 Å². The highest BCUT2D eigenvalue weighted by Gasteiger charge is 2.46. The van der Waals surface area contributed by atoms with E-state index in [-0.39, 0.29) is 25.2 Å². The number of carbonyl (C=O) groups is 1. The summed E-state index contributed by atoms with van der Waals surface area (Å²) < 4.78 is 36.0. The largest absolute Gasteiger partial charge is 0.444 e. The second-order valence-corrected chi connectivity index (χ2v) is 8.28. The zero-order valence-corrected chi connectivity index (χ0v) is 15.1. The molecule has 0 bridgehead atoms. The number of halogens is 2. The van der Waals surface area contributed by atoms with Gasteiger partial charge in [0.25, 0.3) is 5.92 Å². The molecule has 1 N–H and O–H groups in total. The van der Waals surface area contributed by atoms with Gasteiger partial charge in [0, 0.05) is 24.9 Å². The number of aromatic nitrogens is 2. The molecule has 25 heavy (non-hydrogen) atoms. The Morgan fingerprint density at radius 3 is 2.64 bits per heavy atom. The normalized spacial score (nSPS) is 25.8. The number of hydrogen-bond acceptors (Lipinski definition) is 4. The summed E-state index contributed by atoms with van der Waals surface area (Å²) in [6, 6.07) is 0. The molecule has 0 spiro atoms. The van der Waals surface area contributed by atoms with Crippen LogP contribution in [-0.4, -0.2) is 43.6 Å². The summed E-state index contributed by atoms with van der Waals surface area (Å²) in [6.45, 7) is 7.30. The predicted octanol–water partition coefficient (Wildman–Crippen LogP) is 2.81. The van der Waals surface area contributed by atoms with E-state index in [1.165, 1.54) is 9.58 Å². The molecule has 3 rings (SSSR count). The molecule has 6 nitrogen and oxygen atoms in total. The maximum absolute atomic E-state index is 14.7. The van der Waals surface area contributed by atoms with Crippen molar-refractivity contribution in [1.82, 2.24) is 14.7 Å². The summed E-state index contributed by atoms with van der Waals surface area (Å²) >= 11 is 0. The van der Waals surface area contributed by atoms with Gasteiger partial charge in [0.05, 0.1) is 24.4 Å². The van der Waals surface area contributed by atoms with Crippen LogP contribution in [-0.2, 0) is 30.2 Å². The second-order valence-electron chi connectivity index (χ2n) is 8.28. The summed E-state index contributed by atoms with van der Waals surface area (Å²) in [5.74, 6) is -3.09. The molecule has 0 fully saturated rings. The van der Waals surface area contributed by atoms with Gasteiger partial charge in [-0.3, -0.25) is 4.68 Å². The first-order valence-electron chi connectivity index (χ1n) is 8.55. The lowest BCUT2D eigenvalue weighted by Crippen LogP contribution is -2.40. The molecule has 2 aliphatic rings.